The molecule has 0 bridgehead atoms. The van der Waals surface area contributed by atoms with Crippen LogP contribution in [0.4, 0.5) is 11.9 Å². The molecule has 2 aromatic heterocycles. The third-order valence-electron chi connectivity index (χ3n) is 3.49. The molecule has 0 amide bonds. The van der Waals surface area contributed by atoms with E-state index in [1.807, 2.05) is 0 Å². The van der Waals surface area contributed by atoms with E-state index in [1.165, 1.54) is 17.3 Å². The van der Waals surface area contributed by atoms with E-state index in [1.54, 1.807) is 0 Å². The molecule has 2 heterocycles. The van der Waals surface area contributed by atoms with Crippen LogP contribution in [0.3, 0.4) is 0 Å². The van der Waals surface area contributed by atoms with Crippen molar-refractivity contribution in [3.8, 4) is 5.95 Å². The van der Waals surface area contributed by atoms with Crippen molar-refractivity contribution in [3.05, 3.63) is 12.7 Å². The summed E-state index contributed by atoms with van der Waals surface area (Å²) >= 11 is 0. The SMILES string of the molecule is CCC(CC)C(C)Nc1nc(NN)nc(-n2cncn2)n1. The number of nitrogens with two attached hydrogens (primary N) is 1. The van der Waals surface area contributed by atoms with Gasteiger partial charge in [-0.3, -0.25) is 5.43 Å². The van der Waals surface area contributed by atoms with Gasteiger partial charge in [0, 0.05) is 6.04 Å². The lowest BCUT2D eigenvalue weighted by molar-refractivity contribution is 0.436. The fraction of sp³-hybridized carbons (Fsp3) is 0.583. The Morgan fingerprint density at radius 1 is 1.19 bits per heavy atom. The largest absolute Gasteiger partial charge is 0.351 e. The molecule has 0 aliphatic rings. The molecule has 2 rings (SSSR count). The van der Waals surface area contributed by atoms with Gasteiger partial charge in [0.05, 0.1) is 0 Å². The Balaban J connectivity index is 2.25. The van der Waals surface area contributed by atoms with Gasteiger partial charge in [-0.25, -0.2) is 10.8 Å². The van der Waals surface area contributed by atoms with E-state index < -0.39 is 0 Å². The van der Waals surface area contributed by atoms with E-state index in [-0.39, 0.29) is 12.0 Å². The molecule has 9 nitrogen and oxygen atoms in total. The topological polar surface area (TPSA) is 119 Å². The Labute approximate surface area is 123 Å². The smallest absolute Gasteiger partial charge is 0.258 e. The number of rotatable bonds is 7. The van der Waals surface area contributed by atoms with Gasteiger partial charge in [-0.05, 0) is 12.8 Å². The summed E-state index contributed by atoms with van der Waals surface area (Å²) in [6.45, 7) is 6.47. The molecule has 0 saturated heterocycles. The molecule has 9 heteroatoms. The number of aromatic nitrogens is 6. The molecular formula is C12H21N9. The first-order valence-electron chi connectivity index (χ1n) is 7.02. The maximum Gasteiger partial charge on any atom is 0.258 e. The zero-order valence-corrected chi connectivity index (χ0v) is 12.5. The summed E-state index contributed by atoms with van der Waals surface area (Å²) in [7, 11) is 0. The highest BCUT2D eigenvalue weighted by atomic mass is 15.4. The van der Waals surface area contributed by atoms with Crippen molar-refractivity contribution >= 4 is 11.9 Å². The summed E-state index contributed by atoms with van der Waals surface area (Å²) in [5, 5.41) is 7.31. The Morgan fingerprint density at radius 3 is 2.48 bits per heavy atom. The monoisotopic (exact) mass is 291 g/mol. The van der Waals surface area contributed by atoms with Gasteiger partial charge >= 0.3 is 0 Å². The number of nitrogens with zero attached hydrogens (tertiary/aromatic N) is 6. The van der Waals surface area contributed by atoms with Crippen LogP contribution in [0.5, 0.6) is 0 Å². The molecule has 21 heavy (non-hydrogen) atoms. The van der Waals surface area contributed by atoms with Gasteiger partial charge in [0.1, 0.15) is 12.7 Å². The van der Waals surface area contributed by atoms with Gasteiger partial charge in [-0.15, -0.1) is 0 Å². The highest BCUT2D eigenvalue weighted by Gasteiger charge is 2.16. The Hall–Kier alpha value is -2.29. The van der Waals surface area contributed by atoms with Gasteiger partial charge in [0.15, 0.2) is 0 Å². The molecular weight excluding hydrogens is 270 g/mol. The van der Waals surface area contributed by atoms with E-state index in [2.05, 4.69) is 56.5 Å². The van der Waals surface area contributed by atoms with E-state index >= 15 is 0 Å². The van der Waals surface area contributed by atoms with Crippen LogP contribution in [0, 0.1) is 5.92 Å². The van der Waals surface area contributed by atoms with Crippen LogP contribution in [-0.4, -0.2) is 35.8 Å². The normalized spacial score (nSPS) is 12.4. The molecule has 1 atom stereocenters. The minimum absolute atomic E-state index is 0.247. The number of hydrazine groups is 1. The lowest BCUT2D eigenvalue weighted by atomic mass is 9.96. The second-order valence-corrected chi connectivity index (χ2v) is 4.78. The zero-order valence-electron chi connectivity index (χ0n) is 12.5. The zero-order chi connectivity index (χ0) is 15.2. The lowest BCUT2D eigenvalue weighted by Gasteiger charge is -2.22. The van der Waals surface area contributed by atoms with Crippen molar-refractivity contribution in [2.45, 2.75) is 39.7 Å². The fourth-order valence-corrected chi connectivity index (χ4v) is 2.23. The van der Waals surface area contributed by atoms with Crippen molar-refractivity contribution < 1.29 is 0 Å². The van der Waals surface area contributed by atoms with Crippen molar-refractivity contribution in [2.75, 3.05) is 10.7 Å². The Kier molecular flexibility index (Phi) is 4.99. The Morgan fingerprint density at radius 2 is 1.90 bits per heavy atom. The maximum atomic E-state index is 5.41. The summed E-state index contributed by atoms with van der Waals surface area (Å²) in [5.74, 6) is 7.05. The second kappa shape index (κ2) is 6.93. The quantitative estimate of drug-likeness (QED) is 0.510. The van der Waals surface area contributed by atoms with E-state index in [0.717, 1.165) is 12.8 Å². The third-order valence-corrected chi connectivity index (χ3v) is 3.49. The summed E-state index contributed by atoms with van der Waals surface area (Å²) in [6, 6.07) is 0.247. The molecule has 0 fully saturated rings. The highest BCUT2D eigenvalue weighted by Crippen LogP contribution is 2.17. The van der Waals surface area contributed by atoms with Crippen molar-refractivity contribution in [3.63, 3.8) is 0 Å². The standard InChI is InChI=1S/C12H21N9/c1-4-9(5-2)8(3)16-10-17-11(20-13)19-12(18-10)21-7-14-6-15-21/h6-9H,4-5,13H2,1-3H3,(H2,16,17,18,19,20). The first-order chi connectivity index (χ1) is 10.2. The fourth-order valence-electron chi connectivity index (χ4n) is 2.23. The Bertz CT molecular complexity index is 550. The summed E-state index contributed by atoms with van der Waals surface area (Å²) in [4.78, 5) is 16.6. The predicted molar refractivity (Wildman–Crippen MR) is 79.7 cm³/mol. The summed E-state index contributed by atoms with van der Waals surface area (Å²) in [6.07, 6.45) is 5.12. The van der Waals surface area contributed by atoms with Gasteiger partial charge < -0.3 is 5.32 Å². The minimum Gasteiger partial charge on any atom is -0.351 e. The molecule has 0 radical (unpaired) electrons. The van der Waals surface area contributed by atoms with Gasteiger partial charge in [0.2, 0.25) is 11.9 Å². The van der Waals surface area contributed by atoms with E-state index in [9.17, 15) is 0 Å². The van der Waals surface area contributed by atoms with E-state index in [0.29, 0.717) is 17.8 Å². The maximum absolute atomic E-state index is 5.41. The molecule has 2 aromatic rings. The number of nitrogens with one attached hydrogen (secondary N) is 2. The molecule has 0 spiro atoms. The van der Waals surface area contributed by atoms with Crippen LogP contribution in [0.25, 0.3) is 5.95 Å². The van der Waals surface area contributed by atoms with Gasteiger partial charge in [-0.2, -0.15) is 24.7 Å². The van der Waals surface area contributed by atoms with Gasteiger partial charge in [-0.1, -0.05) is 26.7 Å². The predicted octanol–water partition coefficient (Wildman–Crippen LogP) is 0.974. The lowest BCUT2D eigenvalue weighted by Crippen LogP contribution is -2.27. The van der Waals surface area contributed by atoms with Crippen LogP contribution in [0.15, 0.2) is 12.7 Å². The molecule has 0 aromatic carbocycles. The van der Waals surface area contributed by atoms with Crippen LogP contribution in [0.2, 0.25) is 0 Å². The molecule has 1 unspecified atom stereocenters. The second-order valence-electron chi connectivity index (χ2n) is 4.78. The van der Waals surface area contributed by atoms with Crippen molar-refractivity contribution in [1.29, 1.82) is 0 Å². The van der Waals surface area contributed by atoms with Crippen LogP contribution >= 0.6 is 0 Å². The number of nitrogen functional groups attached to an aromatic ring is 1. The molecule has 0 aliphatic heterocycles. The molecule has 4 N–H and O–H groups in total. The molecule has 0 saturated carbocycles. The van der Waals surface area contributed by atoms with Crippen molar-refractivity contribution in [2.24, 2.45) is 11.8 Å². The van der Waals surface area contributed by atoms with Crippen LogP contribution in [-0.2, 0) is 0 Å². The van der Waals surface area contributed by atoms with Crippen LogP contribution < -0.4 is 16.6 Å². The van der Waals surface area contributed by atoms with Crippen molar-refractivity contribution in [1.82, 2.24) is 29.7 Å². The first kappa shape index (κ1) is 15.1. The summed E-state index contributed by atoms with van der Waals surface area (Å²) < 4.78 is 1.45. The average molecular weight is 291 g/mol. The number of hydrogen-bond acceptors (Lipinski definition) is 8. The average Bonchev–Trinajstić information content (AvgIpc) is 3.02. The third kappa shape index (κ3) is 3.63. The molecule has 0 aliphatic carbocycles. The highest BCUT2D eigenvalue weighted by molar-refractivity contribution is 5.37. The summed E-state index contributed by atoms with van der Waals surface area (Å²) in [5.41, 5.74) is 2.44. The number of hydrogen-bond donors (Lipinski definition) is 3. The number of anilines is 2. The first-order valence-corrected chi connectivity index (χ1v) is 7.02. The van der Waals surface area contributed by atoms with E-state index in [4.69, 9.17) is 5.84 Å². The minimum atomic E-state index is 0.247. The van der Waals surface area contributed by atoms with Gasteiger partial charge in [0.25, 0.3) is 5.95 Å². The van der Waals surface area contributed by atoms with Crippen LogP contribution in [0.1, 0.15) is 33.6 Å². The molecule has 114 valence electrons.